The number of amides is 1. The summed E-state index contributed by atoms with van der Waals surface area (Å²) in [6, 6.07) is 5.10. The van der Waals surface area contributed by atoms with Crippen LogP contribution in [0.3, 0.4) is 0 Å². The van der Waals surface area contributed by atoms with Crippen LogP contribution in [0.5, 0.6) is 0 Å². The molecule has 0 radical (unpaired) electrons. The molecule has 6 nitrogen and oxygen atoms in total. The van der Waals surface area contributed by atoms with E-state index in [1.807, 2.05) is 0 Å². The van der Waals surface area contributed by atoms with E-state index in [-0.39, 0.29) is 6.54 Å². The number of esters is 1. The highest BCUT2D eigenvalue weighted by atomic mass is 16.5. The summed E-state index contributed by atoms with van der Waals surface area (Å²) in [6.45, 7) is 1.53. The number of carbonyl (C=O) groups is 2. The molecule has 98 valence electrons. The molecule has 1 amide bonds. The Morgan fingerprint density at radius 2 is 2.17 bits per heavy atom. The van der Waals surface area contributed by atoms with Crippen molar-refractivity contribution < 1.29 is 19.4 Å². The Balaban J connectivity index is 2.69. The zero-order valence-electron chi connectivity index (χ0n) is 10.3. The van der Waals surface area contributed by atoms with Crippen LogP contribution in [-0.4, -0.2) is 36.7 Å². The van der Waals surface area contributed by atoms with Gasteiger partial charge in [0.1, 0.15) is 0 Å². The number of aliphatic hydroxyl groups excluding tert-OH is 1. The highest BCUT2D eigenvalue weighted by Gasteiger charge is 2.18. The molecule has 1 aromatic carbocycles. The lowest BCUT2D eigenvalue weighted by Crippen LogP contribution is -2.37. The molecule has 6 heteroatoms. The van der Waals surface area contributed by atoms with E-state index in [9.17, 15) is 14.7 Å². The van der Waals surface area contributed by atoms with Gasteiger partial charge in [0.2, 0.25) is 0 Å². The third kappa shape index (κ3) is 3.21. The van der Waals surface area contributed by atoms with Gasteiger partial charge >= 0.3 is 5.97 Å². The lowest BCUT2D eigenvalue weighted by molar-refractivity contribution is -0.149. The molecule has 0 saturated carbocycles. The van der Waals surface area contributed by atoms with Crippen molar-refractivity contribution in [1.29, 1.82) is 0 Å². The van der Waals surface area contributed by atoms with E-state index in [2.05, 4.69) is 10.1 Å². The first kappa shape index (κ1) is 14.0. The Morgan fingerprint density at radius 1 is 1.50 bits per heavy atom. The van der Waals surface area contributed by atoms with Gasteiger partial charge in [0, 0.05) is 5.69 Å². The van der Waals surface area contributed by atoms with Crippen molar-refractivity contribution in [3.05, 3.63) is 29.3 Å². The van der Waals surface area contributed by atoms with Gasteiger partial charge in [-0.3, -0.25) is 4.79 Å². The van der Waals surface area contributed by atoms with E-state index in [1.165, 1.54) is 0 Å². The van der Waals surface area contributed by atoms with E-state index < -0.39 is 18.0 Å². The van der Waals surface area contributed by atoms with Crippen molar-refractivity contribution in [2.45, 2.75) is 13.0 Å². The SMILES string of the molecule is COC(=O)C(O)CNC(=O)c1c(C)cccc1N. The lowest BCUT2D eigenvalue weighted by atomic mass is 10.1. The Bertz CT molecular complexity index is 439. The highest BCUT2D eigenvalue weighted by Crippen LogP contribution is 2.15. The molecule has 4 N–H and O–H groups in total. The molecule has 1 aromatic rings. The number of hydrogen-bond acceptors (Lipinski definition) is 5. The van der Waals surface area contributed by atoms with Crippen molar-refractivity contribution in [3.8, 4) is 0 Å². The average molecular weight is 252 g/mol. The van der Waals surface area contributed by atoms with Gasteiger partial charge < -0.3 is 20.9 Å². The number of nitrogens with two attached hydrogens (primary N) is 1. The first-order valence-corrected chi connectivity index (χ1v) is 5.36. The number of carbonyl (C=O) groups excluding carboxylic acids is 2. The van der Waals surface area contributed by atoms with E-state index in [1.54, 1.807) is 25.1 Å². The molecule has 0 aliphatic rings. The molecule has 0 bridgehead atoms. The zero-order valence-corrected chi connectivity index (χ0v) is 10.3. The molecule has 18 heavy (non-hydrogen) atoms. The third-order valence-electron chi connectivity index (χ3n) is 2.46. The first-order chi connectivity index (χ1) is 8.47. The molecule has 0 saturated heterocycles. The van der Waals surface area contributed by atoms with E-state index in [0.717, 1.165) is 12.7 Å². The molecular weight excluding hydrogens is 236 g/mol. The molecule has 1 rings (SSSR count). The second-order valence-electron chi connectivity index (χ2n) is 3.79. The van der Waals surface area contributed by atoms with Crippen molar-refractivity contribution in [3.63, 3.8) is 0 Å². The number of ether oxygens (including phenoxy) is 1. The number of aryl methyl sites for hydroxylation is 1. The molecule has 1 atom stereocenters. The normalized spacial score (nSPS) is 11.7. The predicted molar refractivity (Wildman–Crippen MR) is 65.9 cm³/mol. The third-order valence-corrected chi connectivity index (χ3v) is 2.46. The topological polar surface area (TPSA) is 102 Å². The van der Waals surface area contributed by atoms with Crippen LogP contribution in [0.4, 0.5) is 5.69 Å². The summed E-state index contributed by atoms with van der Waals surface area (Å²) < 4.78 is 4.33. The summed E-state index contributed by atoms with van der Waals surface area (Å²) >= 11 is 0. The van der Waals surface area contributed by atoms with Crippen molar-refractivity contribution in [1.82, 2.24) is 5.32 Å². The van der Waals surface area contributed by atoms with Gasteiger partial charge in [-0.25, -0.2) is 4.79 Å². The second-order valence-corrected chi connectivity index (χ2v) is 3.79. The van der Waals surface area contributed by atoms with E-state index in [4.69, 9.17) is 5.73 Å². The number of hydrogen-bond donors (Lipinski definition) is 3. The fourth-order valence-corrected chi connectivity index (χ4v) is 1.50. The van der Waals surface area contributed by atoms with Crippen LogP contribution in [0.2, 0.25) is 0 Å². The van der Waals surface area contributed by atoms with Crippen molar-refractivity contribution in [2.75, 3.05) is 19.4 Å². The van der Waals surface area contributed by atoms with Gasteiger partial charge in [-0.05, 0) is 18.6 Å². The molecule has 1 unspecified atom stereocenters. The molecular formula is C12H16N2O4. The minimum atomic E-state index is -1.39. The predicted octanol–water partition coefficient (Wildman–Crippen LogP) is -0.159. The number of nitrogen functional groups attached to an aromatic ring is 1. The summed E-state index contributed by atoms with van der Waals surface area (Å²) in [5, 5.41) is 11.8. The number of rotatable bonds is 4. The minimum Gasteiger partial charge on any atom is -0.467 e. The Hall–Kier alpha value is -2.08. The fraction of sp³-hybridized carbons (Fsp3) is 0.333. The summed E-state index contributed by atoms with van der Waals surface area (Å²) in [6.07, 6.45) is -1.39. The number of anilines is 1. The number of aliphatic hydroxyl groups is 1. The van der Waals surface area contributed by atoms with Crippen LogP contribution in [0.15, 0.2) is 18.2 Å². The van der Waals surface area contributed by atoms with Crippen LogP contribution >= 0.6 is 0 Å². The maximum Gasteiger partial charge on any atom is 0.336 e. The standard InChI is InChI=1S/C12H16N2O4/c1-7-4-3-5-8(13)10(7)11(16)14-6-9(15)12(17)18-2/h3-5,9,15H,6,13H2,1-2H3,(H,14,16). The molecule has 0 heterocycles. The largest absolute Gasteiger partial charge is 0.467 e. The lowest BCUT2D eigenvalue weighted by Gasteiger charge is -2.12. The van der Waals surface area contributed by atoms with E-state index >= 15 is 0 Å². The van der Waals surface area contributed by atoms with Crippen LogP contribution < -0.4 is 11.1 Å². The molecule has 0 aliphatic carbocycles. The first-order valence-electron chi connectivity index (χ1n) is 5.36. The molecule has 0 aromatic heterocycles. The summed E-state index contributed by atoms with van der Waals surface area (Å²) in [4.78, 5) is 22.8. The average Bonchev–Trinajstić information content (AvgIpc) is 2.34. The maximum absolute atomic E-state index is 11.8. The van der Waals surface area contributed by atoms with Crippen LogP contribution in [0.25, 0.3) is 0 Å². The molecule has 0 spiro atoms. The van der Waals surface area contributed by atoms with Crippen molar-refractivity contribution >= 4 is 17.6 Å². The second kappa shape index (κ2) is 6.02. The molecule has 0 aliphatic heterocycles. The number of benzene rings is 1. The highest BCUT2D eigenvalue weighted by molar-refractivity contribution is 6.00. The van der Waals surface area contributed by atoms with Gasteiger partial charge in [-0.15, -0.1) is 0 Å². The maximum atomic E-state index is 11.8. The Labute approximate surface area is 105 Å². The van der Waals surface area contributed by atoms with Crippen LogP contribution in [-0.2, 0) is 9.53 Å². The van der Waals surface area contributed by atoms with Crippen LogP contribution in [0, 0.1) is 6.92 Å². The zero-order chi connectivity index (χ0) is 13.7. The number of nitrogens with one attached hydrogen (secondary N) is 1. The summed E-state index contributed by atoms with van der Waals surface area (Å²) in [7, 11) is 1.16. The Morgan fingerprint density at radius 3 is 2.72 bits per heavy atom. The number of methoxy groups -OCH3 is 1. The van der Waals surface area contributed by atoms with Crippen LogP contribution in [0.1, 0.15) is 15.9 Å². The van der Waals surface area contributed by atoms with Gasteiger partial charge in [0.05, 0.1) is 19.2 Å². The quantitative estimate of drug-likeness (QED) is 0.510. The van der Waals surface area contributed by atoms with Gasteiger partial charge in [-0.1, -0.05) is 12.1 Å². The summed E-state index contributed by atoms with van der Waals surface area (Å²) in [5.74, 6) is -1.23. The van der Waals surface area contributed by atoms with E-state index in [0.29, 0.717) is 11.3 Å². The Kier molecular flexibility index (Phi) is 4.67. The van der Waals surface area contributed by atoms with Gasteiger partial charge in [0.15, 0.2) is 6.10 Å². The summed E-state index contributed by atoms with van der Waals surface area (Å²) in [5.41, 5.74) is 7.11. The van der Waals surface area contributed by atoms with Gasteiger partial charge in [0.25, 0.3) is 5.91 Å². The smallest absolute Gasteiger partial charge is 0.336 e. The van der Waals surface area contributed by atoms with Crippen molar-refractivity contribution in [2.24, 2.45) is 0 Å². The molecule has 0 fully saturated rings. The minimum absolute atomic E-state index is 0.223. The van der Waals surface area contributed by atoms with Gasteiger partial charge in [-0.2, -0.15) is 0 Å². The fourth-order valence-electron chi connectivity index (χ4n) is 1.50. The monoisotopic (exact) mass is 252 g/mol.